The average Bonchev–Trinajstić information content (AvgIpc) is 2.22. The molecule has 0 saturated heterocycles. The van der Waals surface area contributed by atoms with Crippen molar-refractivity contribution in [3.05, 3.63) is 0 Å². The minimum absolute atomic E-state index is 0. The maximum atomic E-state index is 3.63. The van der Waals surface area contributed by atoms with Crippen LogP contribution < -0.4 is 17.7 Å². The van der Waals surface area contributed by atoms with Gasteiger partial charge in [-0.2, -0.15) is 0 Å². The Balaban J connectivity index is 0. The van der Waals surface area contributed by atoms with Crippen LogP contribution in [0.4, 0.5) is 0 Å². The monoisotopic (exact) mass is 236 g/mol. The van der Waals surface area contributed by atoms with Crippen molar-refractivity contribution >= 4 is 0 Å². The molecule has 0 bridgehead atoms. The molecule has 2 nitrogen and oxygen atoms in total. The zero-order valence-corrected chi connectivity index (χ0v) is 11.9. The van der Waals surface area contributed by atoms with Crippen molar-refractivity contribution in [2.45, 2.75) is 53.1 Å². The van der Waals surface area contributed by atoms with Gasteiger partial charge in [0, 0.05) is 13.5 Å². The van der Waals surface area contributed by atoms with Gasteiger partial charge in [-0.25, -0.2) is 0 Å². The van der Waals surface area contributed by atoms with Gasteiger partial charge < -0.3 is 16.9 Å². The second kappa shape index (κ2) is 9.44. The number of unbranched alkanes of at least 4 members (excludes halogenated alkanes) is 2. The molecule has 0 heterocycles. The third-order valence-electron chi connectivity index (χ3n) is 3.60. The van der Waals surface area contributed by atoms with Crippen LogP contribution in [0.2, 0.25) is 0 Å². The van der Waals surface area contributed by atoms with E-state index < -0.39 is 0 Å². The van der Waals surface area contributed by atoms with Crippen molar-refractivity contribution in [1.82, 2.24) is 5.32 Å². The summed E-state index contributed by atoms with van der Waals surface area (Å²) in [5.74, 6) is 0. The number of quaternary nitrogens is 1. The lowest BCUT2D eigenvalue weighted by molar-refractivity contribution is -0.931. The Morgan fingerprint density at radius 3 is 2.00 bits per heavy atom. The maximum absolute atomic E-state index is 3.63. The van der Waals surface area contributed by atoms with Crippen molar-refractivity contribution in [2.24, 2.45) is 0 Å². The van der Waals surface area contributed by atoms with Crippen LogP contribution in [0, 0.1) is 0 Å². The lowest BCUT2D eigenvalue weighted by atomic mass is 10.2. The fourth-order valence-electron chi connectivity index (χ4n) is 1.68. The van der Waals surface area contributed by atoms with Crippen LogP contribution in [0.3, 0.4) is 0 Å². The summed E-state index contributed by atoms with van der Waals surface area (Å²) >= 11 is 0. The van der Waals surface area contributed by atoms with E-state index in [2.05, 4.69) is 40.1 Å². The predicted molar refractivity (Wildman–Crippen MR) is 64.3 cm³/mol. The van der Waals surface area contributed by atoms with Crippen LogP contribution >= 0.6 is 0 Å². The van der Waals surface area contributed by atoms with Gasteiger partial charge in [0.1, 0.15) is 6.17 Å². The highest BCUT2D eigenvalue weighted by Crippen LogP contribution is 2.06. The van der Waals surface area contributed by atoms with E-state index in [9.17, 15) is 0 Å². The SMILES string of the molecule is CCCCCNC(C)[N+](C)(CC)CC.[Cl-]. The summed E-state index contributed by atoms with van der Waals surface area (Å²) in [5, 5.41) is 3.63. The summed E-state index contributed by atoms with van der Waals surface area (Å²) in [4.78, 5) is 0. The first-order valence-corrected chi connectivity index (χ1v) is 6.18. The predicted octanol–water partition coefficient (Wildman–Crippen LogP) is -0.397. The second-order valence-corrected chi connectivity index (χ2v) is 4.45. The van der Waals surface area contributed by atoms with Crippen molar-refractivity contribution in [2.75, 3.05) is 26.7 Å². The molecule has 0 aliphatic heterocycles. The van der Waals surface area contributed by atoms with E-state index in [0.29, 0.717) is 6.17 Å². The Labute approximate surface area is 102 Å². The number of nitrogens with one attached hydrogen (secondary N) is 1. The normalized spacial score (nSPS) is 13.4. The minimum atomic E-state index is 0. The molecule has 0 aliphatic rings. The Kier molecular flexibility index (Phi) is 11.1. The first kappa shape index (κ1) is 17.6. The molecule has 0 aromatic carbocycles. The molecule has 0 aliphatic carbocycles. The summed E-state index contributed by atoms with van der Waals surface area (Å²) < 4.78 is 1.13. The lowest BCUT2D eigenvalue weighted by Crippen LogP contribution is -3.00. The van der Waals surface area contributed by atoms with Crippen molar-refractivity contribution in [3.63, 3.8) is 0 Å². The fraction of sp³-hybridized carbons (Fsp3) is 1.00. The van der Waals surface area contributed by atoms with Crippen LogP contribution in [0.15, 0.2) is 0 Å². The molecule has 1 unspecified atom stereocenters. The van der Waals surface area contributed by atoms with Gasteiger partial charge in [0.2, 0.25) is 0 Å². The average molecular weight is 237 g/mol. The minimum Gasteiger partial charge on any atom is -1.00 e. The van der Waals surface area contributed by atoms with Crippen LogP contribution in [-0.4, -0.2) is 37.3 Å². The standard InChI is InChI=1S/C12H29N2.ClH/c1-6-9-10-11-13-12(4)14(5,7-2)8-3;/h12-13H,6-11H2,1-5H3;1H/q+1;/p-1. The smallest absolute Gasteiger partial charge is 0.139 e. The molecule has 0 fully saturated rings. The Morgan fingerprint density at radius 1 is 1.07 bits per heavy atom. The van der Waals surface area contributed by atoms with E-state index in [-0.39, 0.29) is 12.4 Å². The van der Waals surface area contributed by atoms with E-state index in [0.717, 1.165) is 4.48 Å². The van der Waals surface area contributed by atoms with Crippen LogP contribution in [0.25, 0.3) is 0 Å². The van der Waals surface area contributed by atoms with E-state index in [1.54, 1.807) is 0 Å². The van der Waals surface area contributed by atoms with Gasteiger partial charge in [0.05, 0.1) is 20.1 Å². The van der Waals surface area contributed by atoms with Crippen LogP contribution in [0.5, 0.6) is 0 Å². The summed E-state index contributed by atoms with van der Waals surface area (Å²) in [6.45, 7) is 12.7. The zero-order valence-electron chi connectivity index (χ0n) is 11.1. The lowest BCUT2D eigenvalue weighted by Gasteiger charge is -2.38. The Hall–Kier alpha value is 0.210. The highest BCUT2D eigenvalue weighted by molar-refractivity contribution is 4.51. The number of rotatable bonds is 8. The summed E-state index contributed by atoms with van der Waals surface area (Å²) in [6, 6.07) is 0. The molecule has 15 heavy (non-hydrogen) atoms. The summed E-state index contributed by atoms with van der Waals surface area (Å²) in [6.07, 6.45) is 4.56. The van der Waals surface area contributed by atoms with E-state index in [1.807, 2.05) is 0 Å². The molecule has 0 radical (unpaired) electrons. The summed E-state index contributed by atoms with van der Waals surface area (Å²) in [5.41, 5.74) is 0. The molecule has 0 amide bonds. The molecule has 1 atom stereocenters. The van der Waals surface area contributed by atoms with Gasteiger partial charge in [-0.1, -0.05) is 19.8 Å². The fourth-order valence-corrected chi connectivity index (χ4v) is 1.68. The molecular formula is C12H29ClN2. The van der Waals surface area contributed by atoms with Crippen molar-refractivity contribution in [3.8, 4) is 0 Å². The molecule has 94 valence electrons. The Bertz CT molecular complexity index is 136. The van der Waals surface area contributed by atoms with Gasteiger partial charge in [0.25, 0.3) is 0 Å². The van der Waals surface area contributed by atoms with E-state index in [4.69, 9.17) is 0 Å². The van der Waals surface area contributed by atoms with Gasteiger partial charge >= 0.3 is 0 Å². The van der Waals surface area contributed by atoms with Crippen LogP contribution in [0.1, 0.15) is 47.0 Å². The molecule has 0 aromatic rings. The molecular weight excluding hydrogens is 208 g/mol. The number of halogens is 1. The maximum Gasteiger partial charge on any atom is 0.139 e. The Morgan fingerprint density at radius 2 is 1.60 bits per heavy atom. The molecule has 0 saturated carbocycles. The van der Waals surface area contributed by atoms with Gasteiger partial charge in [-0.15, -0.1) is 0 Å². The topological polar surface area (TPSA) is 12.0 Å². The highest BCUT2D eigenvalue weighted by atomic mass is 35.5. The first-order chi connectivity index (χ1) is 6.60. The quantitative estimate of drug-likeness (QED) is 0.344. The number of nitrogens with zero attached hydrogens (tertiary/aromatic N) is 1. The van der Waals surface area contributed by atoms with Crippen molar-refractivity contribution in [1.29, 1.82) is 0 Å². The second-order valence-electron chi connectivity index (χ2n) is 4.45. The van der Waals surface area contributed by atoms with Crippen molar-refractivity contribution < 1.29 is 16.9 Å². The molecule has 0 rings (SSSR count). The number of hydrogen-bond donors (Lipinski definition) is 1. The van der Waals surface area contributed by atoms with Gasteiger partial charge in [0.15, 0.2) is 0 Å². The third kappa shape index (κ3) is 6.39. The summed E-state index contributed by atoms with van der Waals surface area (Å²) in [7, 11) is 2.33. The van der Waals surface area contributed by atoms with Crippen LogP contribution in [-0.2, 0) is 0 Å². The molecule has 0 spiro atoms. The number of hydrogen-bond acceptors (Lipinski definition) is 1. The van der Waals surface area contributed by atoms with E-state index >= 15 is 0 Å². The molecule has 0 aromatic heterocycles. The highest BCUT2D eigenvalue weighted by Gasteiger charge is 2.23. The largest absolute Gasteiger partial charge is 1.00 e. The van der Waals surface area contributed by atoms with Gasteiger partial charge in [-0.3, -0.25) is 5.32 Å². The van der Waals surface area contributed by atoms with E-state index in [1.165, 1.54) is 38.9 Å². The van der Waals surface area contributed by atoms with Gasteiger partial charge in [-0.05, 0) is 20.3 Å². The molecule has 1 N–H and O–H groups in total. The molecule has 3 heteroatoms. The zero-order chi connectivity index (χ0) is 11.0. The first-order valence-electron chi connectivity index (χ1n) is 6.18. The third-order valence-corrected chi connectivity index (χ3v) is 3.60.